The summed E-state index contributed by atoms with van der Waals surface area (Å²) in [5.41, 5.74) is 2.31. The van der Waals surface area contributed by atoms with Gasteiger partial charge in [-0.15, -0.1) is 0 Å². The highest BCUT2D eigenvalue weighted by Crippen LogP contribution is 2.38. The van der Waals surface area contributed by atoms with Crippen LogP contribution in [0.25, 0.3) is 16.9 Å². The smallest absolute Gasteiger partial charge is 0.325 e. The van der Waals surface area contributed by atoms with Gasteiger partial charge in [0.15, 0.2) is 0 Å². The van der Waals surface area contributed by atoms with Gasteiger partial charge in [-0.05, 0) is 41.5 Å². The van der Waals surface area contributed by atoms with Crippen LogP contribution in [0.5, 0.6) is 0 Å². The summed E-state index contributed by atoms with van der Waals surface area (Å²) < 4.78 is 2.85. The second-order valence-electron chi connectivity index (χ2n) is 9.00. The topological polar surface area (TPSA) is 131 Å². The minimum atomic E-state index is -0.932. The quantitative estimate of drug-likeness (QED) is 0.420. The predicted molar refractivity (Wildman–Crippen MR) is 130 cm³/mol. The van der Waals surface area contributed by atoms with Gasteiger partial charge >= 0.3 is 11.7 Å². The number of anilines is 1. The summed E-state index contributed by atoms with van der Waals surface area (Å²) in [6.45, 7) is -0.196. The Morgan fingerprint density at radius 3 is 2.56 bits per heavy atom. The zero-order valence-corrected chi connectivity index (χ0v) is 19.3. The monoisotopic (exact) mass is 483 g/mol. The lowest BCUT2D eigenvalue weighted by molar-refractivity contribution is -0.125. The molecule has 0 saturated carbocycles. The van der Waals surface area contributed by atoms with E-state index in [1.807, 2.05) is 18.2 Å². The molecule has 11 heteroatoms. The highest BCUT2D eigenvalue weighted by molar-refractivity contribution is 6.07. The van der Waals surface area contributed by atoms with Gasteiger partial charge in [-0.25, -0.2) is 24.1 Å². The number of rotatable bonds is 4. The van der Waals surface area contributed by atoms with Crippen molar-refractivity contribution in [1.29, 1.82) is 0 Å². The highest BCUT2D eigenvalue weighted by atomic mass is 16.2. The fraction of sp³-hybridized carbons (Fsp3) is 0.200. The van der Waals surface area contributed by atoms with Crippen LogP contribution < -0.4 is 16.3 Å². The second-order valence-corrected chi connectivity index (χ2v) is 9.00. The van der Waals surface area contributed by atoms with Gasteiger partial charge in [0.25, 0.3) is 5.91 Å². The van der Waals surface area contributed by atoms with Gasteiger partial charge in [0.05, 0.1) is 11.0 Å². The van der Waals surface area contributed by atoms with Crippen LogP contribution >= 0.6 is 0 Å². The number of fused-ring (bicyclic) bond motifs is 2. The summed E-state index contributed by atoms with van der Waals surface area (Å²) in [6, 6.07) is 13.9. The molecule has 1 atom stereocenters. The van der Waals surface area contributed by atoms with Gasteiger partial charge in [0.1, 0.15) is 24.2 Å². The molecule has 1 saturated heterocycles. The van der Waals surface area contributed by atoms with Gasteiger partial charge in [0, 0.05) is 31.8 Å². The lowest BCUT2D eigenvalue weighted by Crippen LogP contribution is -2.48. The number of hydrogen-bond acceptors (Lipinski definition) is 6. The van der Waals surface area contributed by atoms with Crippen LogP contribution in [-0.2, 0) is 29.0 Å². The Morgan fingerprint density at radius 1 is 1.06 bits per heavy atom. The molecule has 36 heavy (non-hydrogen) atoms. The number of carbonyl (C=O) groups excluding carboxylic acids is 3. The van der Waals surface area contributed by atoms with E-state index in [1.165, 1.54) is 20.4 Å². The Bertz CT molecular complexity index is 1620. The van der Waals surface area contributed by atoms with Crippen molar-refractivity contribution in [2.45, 2.75) is 24.9 Å². The number of likely N-dealkylation sites (N-methyl/N-ethyl adjacent to an activating group) is 1. The van der Waals surface area contributed by atoms with Gasteiger partial charge in [0.2, 0.25) is 5.91 Å². The third kappa shape index (κ3) is 3.20. The molecule has 1 aliphatic heterocycles. The van der Waals surface area contributed by atoms with Crippen LogP contribution in [0.4, 0.5) is 10.5 Å². The number of urea groups is 1. The molecule has 2 aliphatic rings. The summed E-state index contributed by atoms with van der Waals surface area (Å²) in [5.74, 6) is -0.269. The minimum Gasteiger partial charge on any atom is -0.325 e. The first-order valence-electron chi connectivity index (χ1n) is 11.3. The molecule has 11 nitrogen and oxygen atoms in total. The molecule has 1 unspecified atom stereocenters. The van der Waals surface area contributed by atoms with Crippen molar-refractivity contribution in [3.8, 4) is 5.82 Å². The van der Waals surface area contributed by atoms with Crippen molar-refractivity contribution in [1.82, 2.24) is 29.3 Å². The molecule has 0 radical (unpaired) electrons. The molecule has 1 fully saturated rings. The van der Waals surface area contributed by atoms with Crippen molar-refractivity contribution in [3.05, 3.63) is 82.7 Å². The first-order valence-corrected chi connectivity index (χ1v) is 11.3. The number of carbonyl (C=O) groups is 3. The van der Waals surface area contributed by atoms with E-state index in [2.05, 4.69) is 20.6 Å². The average molecular weight is 483 g/mol. The van der Waals surface area contributed by atoms with E-state index >= 15 is 0 Å². The third-order valence-corrected chi connectivity index (χ3v) is 6.98. The summed E-state index contributed by atoms with van der Waals surface area (Å²) >= 11 is 0. The number of para-hydroxylation sites is 2. The van der Waals surface area contributed by atoms with Crippen molar-refractivity contribution < 1.29 is 14.4 Å². The first-order chi connectivity index (χ1) is 17.4. The number of nitrogens with one attached hydrogen (secondary N) is 2. The fourth-order valence-corrected chi connectivity index (χ4v) is 5.12. The Balaban J connectivity index is 1.26. The molecule has 6 rings (SSSR count). The maximum Gasteiger partial charge on any atom is 0.335 e. The largest absolute Gasteiger partial charge is 0.335 e. The number of aromatic nitrogens is 4. The molecule has 0 bridgehead atoms. The van der Waals surface area contributed by atoms with Crippen molar-refractivity contribution >= 4 is 34.6 Å². The highest BCUT2D eigenvalue weighted by Gasteiger charge is 2.54. The number of nitrogens with zero attached hydrogens (tertiary/aromatic N) is 5. The SMILES string of the molecule is CN1C(=O)NC(=O)C12Cc1ccc(NC(=O)Cn3c(=O)n(-c4ccncn4)c4ccccc43)cc1C2. The molecule has 180 valence electrons. The first kappa shape index (κ1) is 21.7. The third-order valence-electron chi connectivity index (χ3n) is 6.98. The van der Waals surface area contributed by atoms with Crippen LogP contribution in [0.2, 0.25) is 0 Å². The van der Waals surface area contributed by atoms with E-state index in [0.29, 0.717) is 35.4 Å². The maximum absolute atomic E-state index is 13.3. The Morgan fingerprint density at radius 2 is 1.83 bits per heavy atom. The fourth-order valence-electron chi connectivity index (χ4n) is 5.12. The minimum absolute atomic E-state index is 0.196. The molecular formula is C25H21N7O4. The van der Waals surface area contributed by atoms with Crippen LogP contribution in [0.3, 0.4) is 0 Å². The average Bonchev–Trinajstić information content (AvgIpc) is 3.46. The zero-order valence-electron chi connectivity index (χ0n) is 19.3. The van der Waals surface area contributed by atoms with Crippen LogP contribution in [0.15, 0.2) is 65.8 Å². The number of imide groups is 1. The standard InChI is InChI=1S/C25H21N7O4/c1-30-23(35)29-22(34)25(30)11-15-6-7-17(10-16(15)12-25)28-21(33)13-31-18-4-2-3-5-19(18)32(24(31)36)20-8-9-26-14-27-20/h2-10,14H,11-13H2,1H3,(H,28,33)(H,29,34,35). The molecule has 2 aromatic carbocycles. The Labute approximate surface area is 204 Å². The normalized spacial score (nSPS) is 18.6. The number of amides is 4. The van der Waals surface area contributed by atoms with Gasteiger partial charge in [-0.2, -0.15) is 0 Å². The summed E-state index contributed by atoms with van der Waals surface area (Å²) in [5, 5.41) is 5.23. The molecular weight excluding hydrogens is 462 g/mol. The summed E-state index contributed by atoms with van der Waals surface area (Å²) in [7, 11) is 1.62. The zero-order chi connectivity index (χ0) is 25.0. The predicted octanol–water partition coefficient (Wildman–Crippen LogP) is 1.24. The molecule has 3 heterocycles. The van der Waals surface area contributed by atoms with Crippen molar-refractivity contribution in [3.63, 3.8) is 0 Å². The van der Waals surface area contributed by atoms with E-state index in [-0.39, 0.29) is 24.0 Å². The molecule has 2 N–H and O–H groups in total. The number of hydrogen-bond donors (Lipinski definition) is 2. The van der Waals surface area contributed by atoms with E-state index in [9.17, 15) is 19.2 Å². The van der Waals surface area contributed by atoms with Crippen LogP contribution in [0.1, 0.15) is 11.1 Å². The Kier molecular flexibility index (Phi) is 4.75. The van der Waals surface area contributed by atoms with Crippen LogP contribution in [-0.4, -0.2) is 54.4 Å². The van der Waals surface area contributed by atoms with E-state index in [4.69, 9.17) is 0 Å². The molecule has 2 aromatic heterocycles. The number of benzene rings is 2. The van der Waals surface area contributed by atoms with Gasteiger partial charge < -0.3 is 10.2 Å². The van der Waals surface area contributed by atoms with Crippen LogP contribution in [0, 0.1) is 0 Å². The van der Waals surface area contributed by atoms with E-state index < -0.39 is 11.6 Å². The van der Waals surface area contributed by atoms with Crippen molar-refractivity contribution in [2.75, 3.05) is 12.4 Å². The molecule has 4 aromatic rings. The van der Waals surface area contributed by atoms with E-state index in [0.717, 1.165) is 11.1 Å². The summed E-state index contributed by atoms with van der Waals surface area (Å²) in [4.78, 5) is 60.3. The lowest BCUT2D eigenvalue weighted by atomic mass is 9.95. The molecule has 1 spiro atoms. The Hall–Kier alpha value is -4.80. The molecule has 4 amide bonds. The van der Waals surface area contributed by atoms with Gasteiger partial charge in [-0.1, -0.05) is 18.2 Å². The maximum atomic E-state index is 13.3. The van der Waals surface area contributed by atoms with Gasteiger partial charge in [-0.3, -0.25) is 19.5 Å². The second kappa shape index (κ2) is 7.87. The number of imidazole rings is 1. The molecule has 1 aliphatic carbocycles. The van der Waals surface area contributed by atoms with E-state index in [1.54, 1.807) is 43.6 Å². The van der Waals surface area contributed by atoms with Crippen molar-refractivity contribution in [2.24, 2.45) is 0 Å². The summed E-state index contributed by atoms with van der Waals surface area (Å²) in [6.07, 6.45) is 3.70. The lowest BCUT2D eigenvalue weighted by Gasteiger charge is -2.27.